The van der Waals surface area contributed by atoms with E-state index in [-0.39, 0.29) is 0 Å². The molecule has 1 aliphatic heterocycles. The minimum Gasteiger partial charge on any atom is -0.302 e. The van der Waals surface area contributed by atoms with Gasteiger partial charge in [-0.1, -0.05) is 6.07 Å². The third kappa shape index (κ3) is 1.65. The first-order valence-corrected chi connectivity index (χ1v) is 7.45. The fourth-order valence-corrected chi connectivity index (χ4v) is 4.31. The van der Waals surface area contributed by atoms with Crippen LogP contribution < -0.4 is 0 Å². The van der Waals surface area contributed by atoms with E-state index in [0.717, 1.165) is 17.5 Å². The average molecular weight is 250 g/mol. The molecule has 0 amide bonds. The summed E-state index contributed by atoms with van der Waals surface area (Å²) in [5.74, 6) is 0.958. The van der Waals surface area contributed by atoms with E-state index in [1.54, 1.807) is 6.20 Å². The number of nitrogens with zero attached hydrogens (tertiary/aromatic N) is 2. The number of sulfone groups is 1. The molecule has 0 aromatic carbocycles. The van der Waals surface area contributed by atoms with Gasteiger partial charge in [0.2, 0.25) is 0 Å². The number of pyridine rings is 1. The SMILES string of the molecule is Cc1ccc2cnc(C3CCCS3(=O)=O)n2c1. The monoisotopic (exact) mass is 250 g/mol. The number of hydrogen-bond acceptors (Lipinski definition) is 3. The van der Waals surface area contributed by atoms with Crippen molar-refractivity contribution in [1.29, 1.82) is 0 Å². The third-order valence-electron chi connectivity index (χ3n) is 3.32. The van der Waals surface area contributed by atoms with Gasteiger partial charge in [-0.3, -0.25) is 0 Å². The highest BCUT2D eigenvalue weighted by molar-refractivity contribution is 7.91. The molecule has 0 spiro atoms. The van der Waals surface area contributed by atoms with Gasteiger partial charge in [-0.15, -0.1) is 0 Å². The molecule has 3 rings (SSSR count). The van der Waals surface area contributed by atoms with Gasteiger partial charge in [0.25, 0.3) is 0 Å². The fraction of sp³-hybridized carbons (Fsp3) is 0.417. The zero-order chi connectivity index (χ0) is 12.0. The lowest BCUT2D eigenvalue weighted by Crippen LogP contribution is -2.11. The Morgan fingerprint density at radius 3 is 2.94 bits per heavy atom. The second-order valence-corrected chi connectivity index (χ2v) is 6.92. The van der Waals surface area contributed by atoms with E-state index in [1.807, 2.05) is 29.7 Å². The van der Waals surface area contributed by atoms with Crippen LogP contribution in [0.25, 0.3) is 5.52 Å². The van der Waals surface area contributed by atoms with Gasteiger partial charge in [-0.2, -0.15) is 0 Å². The number of rotatable bonds is 1. The molecule has 0 radical (unpaired) electrons. The summed E-state index contributed by atoms with van der Waals surface area (Å²) in [7, 11) is -3.00. The first-order valence-electron chi connectivity index (χ1n) is 5.73. The van der Waals surface area contributed by atoms with Gasteiger partial charge >= 0.3 is 0 Å². The molecule has 4 nitrogen and oxygen atoms in total. The second kappa shape index (κ2) is 3.57. The first-order chi connectivity index (χ1) is 8.08. The predicted octanol–water partition coefficient (Wildman–Crippen LogP) is 1.89. The van der Waals surface area contributed by atoms with E-state index in [0.29, 0.717) is 18.0 Å². The molecule has 1 aliphatic rings. The van der Waals surface area contributed by atoms with Crippen LogP contribution in [0.2, 0.25) is 0 Å². The van der Waals surface area contributed by atoms with Crippen LogP contribution in [0, 0.1) is 6.92 Å². The van der Waals surface area contributed by atoms with Crippen LogP contribution in [-0.4, -0.2) is 23.6 Å². The molecule has 0 aliphatic carbocycles. The zero-order valence-corrected chi connectivity index (χ0v) is 10.4. The molecule has 0 N–H and O–H groups in total. The summed E-state index contributed by atoms with van der Waals surface area (Å²) in [6.07, 6.45) is 5.12. The van der Waals surface area contributed by atoms with Gasteiger partial charge in [0.15, 0.2) is 9.84 Å². The van der Waals surface area contributed by atoms with Gasteiger partial charge in [0.05, 0.1) is 17.5 Å². The van der Waals surface area contributed by atoms with Crippen molar-refractivity contribution < 1.29 is 8.42 Å². The van der Waals surface area contributed by atoms with Crippen molar-refractivity contribution in [2.75, 3.05) is 5.75 Å². The Bertz CT molecular complexity index is 673. The van der Waals surface area contributed by atoms with Gasteiger partial charge in [0, 0.05) is 6.20 Å². The minimum atomic E-state index is -3.00. The maximum atomic E-state index is 11.9. The fourth-order valence-electron chi connectivity index (χ4n) is 2.44. The Hall–Kier alpha value is -1.36. The Balaban J connectivity index is 2.21. The maximum absolute atomic E-state index is 11.9. The number of fused-ring (bicyclic) bond motifs is 1. The van der Waals surface area contributed by atoms with Crippen LogP contribution >= 0.6 is 0 Å². The highest BCUT2D eigenvalue weighted by atomic mass is 32.2. The molecule has 5 heteroatoms. The molecule has 2 aromatic rings. The maximum Gasteiger partial charge on any atom is 0.160 e. The largest absolute Gasteiger partial charge is 0.302 e. The van der Waals surface area contributed by atoms with Crippen molar-refractivity contribution in [3.05, 3.63) is 35.9 Å². The van der Waals surface area contributed by atoms with Gasteiger partial charge in [-0.25, -0.2) is 13.4 Å². The highest BCUT2D eigenvalue weighted by Crippen LogP contribution is 2.34. The van der Waals surface area contributed by atoms with E-state index in [2.05, 4.69) is 4.98 Å². The van der Waals surface area contributed by atoms with Crippen molar-refractivity contribution >= 4 is 15.4 Å². The summed E-state index contributed by atoms with van der Waals surface area (Å²) in [6, 6.07) is 3.97. The molecule has 3 heterocycles. The summed E-state index contributed by atoms with van der Waals surface area (Å²) < 4.78 is 25.8. The Morgan fingerprint density at radius 1 is 1.41 bits per heavy atom. The summed E-state index contributed by atoms with van der Waals surface area (Å²) in [5.41, 5.74) is 2.06. The van der Waals surface area contributed by atoms with Crippen LogP contribution in [0.5, 0.6) is 0 Å². The van der Waals surface area contributed by atoms with Crippen molar-refractivity contribution in [3.8, 4) is 0 Å². The lowest BCUT2D eigenvalue weighted by atomic mass is 10.2. The van der Waals surface area contributed by atoms with Crippen LogP contribution in [0.15, 0.2) is 24.5 Å². The first kappa shape index (κ1) is 10.8. The number of hydrogen-bond donors (Lipinski definition) is 0. The molecule has 1 unspecified atom stereocenters. The van der Waals surface area contributed by atoms with Crippen molar-refractivity contribution in [2.45, 2.75) is 25.0 Å². The molecule has 1 saturated heterocycles. The Labute approximate surface area is 100 Å². The Kier molecular flexibility index (Phi) is 2.26. The quantitative estimate of drug-likeness (QED) is 0.776. The van der Waals surface area contributed by atoms with E-state index >= 15 is 0 Å². The molecule has 17 heavy (non-hydrogen) atoms. The number of aromatic nitrogens is 2. The normalized spacial score (nSPS) is 23.2. The van der Waals surface area contributed by atoms with Crippen molar-refractivity contribution in [3.63, 3.8) is 0 Å². The third-order valence-corrected chi connectivity index (χ3v) is 5.49. The second-order valence-electron chi connectivity index (χ2n) is 4.62. The molecule has 0 saturated carbocycles. The van der Waals surface area contributed by atoms with Gasteiger partial charge in [-0.05, 0) is 31.4 Å². The molecule has 1 atom stereocenters. The van der Waals surface area contributed by atoms with Gasteiger partial charge < -0.3 is 4.40 Å². The minimum absolute atomic E-state index is 0.290. The Morgan fingerprint density at radius 2 is 2.24 bits per heavy atom. The molecule has 90 valence electrons. The number of aryl methyl sites for hydroxylation is 1. The standard InChI is InChI=1S/C12H14N2O2S/c1-9-4-5-10-7-13-12(14(10)8-9)11-3-2-6-17(11,15)16/h4-5,7-8,11H,2-3,6H2,1H3. The topological polar surface area (TPSA) is 51.4 Å². The van der Waals surface area contributed by atoms with Gasteiger partial charge in [0.1, 0.15) is 11.1 Å². The molecule has 2 aromatic heterocycles. The smallest absolute Gasteiger partial charge is 0.160 e. The molecular weight excluding hydrogens is 236 g/mol. The summed E-state index contributed by atoms with van der Waals surface area (Å²) in [4.78, 5) is 4.30. The van der Waals surface area contributed by atoms with Crippen LogP contribution in [-0.2, 0) is 9.84 Å². The van der Waals surface area contributed by atoms with Crippen molar-refractivity contribution in [2.24, 2.45) is 0 Å². The van der Waals surface area contributed by atoms with E-state index in [4.69, 9.17) is 0 Å². The predicted molar refractivity (Wildman–Crippen MR) is 65.7 cm³/mol. The number of imidazole rings is 1. The van der Waals surface area contributed by atoms with Crippen LogP contribution in [0.1, 0.15) is 29.5 Å². The lowest BCUT2D eigenvalue weighted by molar-refractivity contribution is 0.588. The van der Waals surface area contributed by atoms with E-state index < -0.39 is 15.1 Å². The summed E-state index contributed by atoms with van der Waals surface area (Å²) >= 11 is 0. The van der Waals surface area contributed by atoms with Crippen molar-refractivity contribution in [1.82, 2.24) is 9.38 Å². The molecular formula is C12H14N2O2S. The van der Waals surface area contributed by atoms with Crippen LogP contribution in [0.4, 0.5) is 0 Å². The van der Waals surface area contributed by atoms with E-state index in [9.17, 15) is 8.42 Å². The molecule has 0 bridgehead atoms. The van der Waals surface area contributed by atoms with E-state index in [1.165, 1.54) is 0 Å². The zero-order valence-electron chi connectivity index (χ0n) is 9.63. The lowest BCUT2D eigenvalue weighted by Gasteiger charge is -2.08. The van der Waals surface area contributed by atoms with Crippen LogP contribution in [0.3, 0.4) is 0 Å². The average Bonchev–Trinajstić information content (AvgIpc) is 2.80. The summed E-state index contributed by atoms with van der Waals surface area (Å²) in [6.45, 7) is 1.99. The highest BCUT2D eigenvalue weighted by Gasteiger charge is 2.35. The summed E-state index contributed by atoms with van der Waals surface area (Å²) in [5, 5.41) is -0.424. The molecule has 1 fully saturated rings.